The van der Waals surface area contributed by atoms with Gasteiger partial charge in [-0.15, -0.1) is 0 Å². The van der Waals surface area contributed by atoms with Gasteiger partial charge in [-0.05, 0) is 48.1 Å². The van der Waals surface area contributed by atoms with E-state index in [9.17, 15) is 9.59 Å². The number of esters is 1. The van der Waals surface area contributed by atoms with Gasteiger partial charge in [-0.1, -0.05) is 53.7 Å². The number of nitrogens with zero attached hydrogens (tertiary/aromatic N) is 2. The molecule has 1 aromatic heterocycles. The Hall–Kier alpha value is -3.49. The second-order valence-corrected chi connectivity index (χ2v) is 9.85. The van der Waals surface area contributed by atoms with E-state index in [1.165, 1.54) is 18.9 Å². The van der Waals surface area contributed by atoms with Crippen LogP contribution in [0.1, 0.15) is 30.5 Å². The number of H-pyrrole nitrogens is 1. The molecule has 36 heavy (non-hydrogen) atoms. The number of ether oxygens (including phenoxy) is 1. The Balaban J connectivity index is 1.33. The van der Waals surface area contributed by atoms with E-state index in [1.54, 1.807) is 13.0 Å². The molecule has 3 heterocycles. The number of thioether (sulfide) groups is 1. The number of amides is 1. The van der Waals surface area contributed by atoms with Crippen LogP contribution in [0.4, 0.5) is 0 Å². The highest BCUT2D eigenvalue weighted by Gasteiger charge is 2.41. The molecular weight excluding hydrogens is 496 g/mol. The normalized spacial score (nSPS) is 17.1. The van der Waals surface area contributed by atoms with Crippen LogP contribution in [0.2, 0.25) is 5.02 Å². The molecule has 0 radical (unpaired) electrons. The summed E-state index contributed by atoms with van der Waals surface area (Å²) in [4.78, 5) is 35.6. The number of nitrogens with one attached hydrogen (secondary N) is 2. The molecule has 0 bridgehead atoms. The molecule has 1 unspecified atom stereocenters. The van der Waals surface area contributed by atoms with Crippen molar-refractivity contribution in [1.29, 1.82) is 0 Å². The fourth-order valence-corrected chi connectivity index (χ4v) is 5.80. The van der Waals surface area contributed by atoms with Gasteiger partial charge in [0.1, 0.15) is 0 Å². The molecule has 1 atom stereocenters. The molecule has 5 rings (SSSR count). The van der Waals surface area contributed by atoms with E-state index in [1.807, 2.05) is 52.9 Å². The van der Waals surface area contributed by atoms with E-state index < -0.39 is 12.0 Å². The second kappa shape index (κ2) is 10.2. The Labute approximate surface area is 218 Å². The van der Waals surface area contributed by atoms with Crippen LogP contribution in [-0.4, -0.2) is 40.6 Å². The van der Waals surface area contributed by atoms with Crippen molar-refractivity contribution >= 4 is 51.3 Å². The predicted octanol–water partition coefficient (Wildman–Crippen LogP) is 5.32. The summed E-state index contributed by atoms with van der Waals surface area (Å²) in [6, 6.07) is 15.0. The van der Waals surface area contributed by atoms with Crippen LogP contribution in [0, 0.1) is 0 Å². The fourth-order valence-electron chi connectivity index (χ4n) is 4.63. The minimum atomic E-state index is -0.496. The Morgan fingerprint density at radius 1 is 1.22 bits per heavy atom. The summed E-state index contributed by atoms with van der Waals surface area (Å²) in [5.74, 6) is -0.557. The third-order valence-corrected chi connectivity index (χ3v) is 7.43. The van der Waals surface area contributed by atoms with Crippen molar-refractivity contribution in [3.05, 3.63) is 93.3 Å². The number of fused-ring (bicyclic) bond motifs is 2. The van der Waals surface area contributed by atoms with Gasteiger partial charge >= 0.3 is 5.97 Å². The first kappa shape index (κ1) is 24.2. The molecule has 0 saturated heterocycles. The molecule has 2 aliphatic rings. The topological polar surface area (TPSA) is 86.8 Å². The Morgan fingerprint density at radius 3 is 2.86 bits per heavy atom. The summed E-state index contributed by atoms with van der Waals surface area (Å²) in [5, 5.41) is 7.39. The predicted molar refractivity (Wildman–Crippen MR) is 143 cm³/mol. The van der Waals surface area contributed by atoms with Crippen LogP contribution < -0.4 is 5.32 Å². The van der Waals surface area contributed by atoms with E-state index >= 15 is 0 Å². The van der Waals surface area contributed by atoms with E-state index in [0.717, 1.165) is 34.1 Å². The lowest BCUT2D eigenvalue weighted by Crippen LogP contribution is -2.38. The third kappa shape index (κ3) is 4.66. The van der Waals surface area contributed by atoms with Crippen molar-refractivity contribution in [1.82, 2.24) is 15.2 Å². The van der Waals surface area contributed by atoms with Gasteiger partial charge in [-0.3, -0.25) is 4.79 Å². The highest BCUT2D eigenvalue weighted by atomic mass is 35.5. The highest BCUT2D eigenvalue weighted by molar-refractivity contribution is 8.16. The van der Waals surface area contributed by atoms with Crippen LogP contribution in [0.3, 0.4) is 0 Å². The number of methoxy groups -OCH3 is 1. The molecule has 2 N–H and O–H groups in total. The first-order valence-corrected chi connectivity index (χ1v) is 12.8. The number of para-hydroxylation sites is 1. The van der Waals surface area contributed by atoms with Gasteiger partial charge in [0.2, 0.25) is 5.91 Å². The Kier molecular flexibility index (Phi) is 6.89. The number of halogens is 1. The number of carbonyl (C=O) groups is 2. The van der Waals surface area contributed by atoms with Crippen molar-refractivity contribution < 1.29 is 14.3 Å². The monoisotopic (exact) mass is 520 g/mol. The van der Waals surface area contributed by atoms with Crippen molar-refractivity contribution in [2.24, 2.45) is 4.99 Å². The zero-order chi connectivity index (χ0) is 25.2. The minimum absolute atomic E-state index is 0.0984. The number of aliphatic imine (C=N–C) groups is 1. The number of aromatic amines is 1. The van der Waals surface area contributed by atoms with Crippen molar-refractivity contribution in [3.8, 4) is 0 Å². The van der Waals surface area contributed by atoms with E-state index in [4.69, 9.17) is 16.3 Å². The Bertz CT molecular complexity index is 1440. The molecule has 1 amide bonds. The molecule has 9 heteroatoms. The standard InChI is InChI=1S/C27H25ClN4O3S/c1-16-24(26(34)35-2)25(17-6-5-7-19(28)12-17)32-20(15-36-27(32)31-16)13-23(33)29-11-10-18-14-30-22-9-4-3-8-21(18)22/h3-9,12,14-15,25,30H,10-11,13H2,1-2H3,(H,29,33). The third-order valence-electron chi connectivity index (χ3n) is 6.30. The first-order valence-electron chi connectivity index (χ1n) is 11.6. The summed E-state index contributed by atoms with van der Waals surface area (Å²) < 4.78 is 5.09. The highest BCUT2D eigenvalue weighted by Crippen LogP contribution is 2.45. The molecule has 0 saturated carbocycles. The van der Waals surface area contributed by atoms with Crippen LogP contribution >= 0.6 is 23.4 Å². The molecule has 3 aromatic rings. The van der Waals surface area contributed by atoms with Gasteiger partial charge in [-0.25, -0.2) is 9.79 Å². The molecule has 0 spiro atoms. The maximum absolute atomic E-state index is 12.9. The molecule has 0 aliphatic carbocycles. The maximum Gasteiger partial charge on any atom is 0.338 e. The lowest BCUT2D eigenvalue weighted by atomic mass is 9.94. The Morgan fingerprint density at radius 2 is 2.06 bits per heavy atom. The second-order valence-electron chi connectivity index (χ2n) is 8.58. The number of benzene rings is 2. The van der Waals surface area contributed by atoms with Crippen LogP contribution in [-0.2, 0) is 20.7 Å². The van der Waals surface area contributed by atoms with Gasteiger partial charge in [-0.2, -0.15) is 0 Å². The molecule has 0 fully saturated rings. The van der Waals surface area contributed by atoms with Gasteiger partial charge in [0.05, 0.1) is 30.8 Å². The van der Waals surface area contributed by atoms with Crippen molar-refractivity contribution in [2.75, 3.05) is 13.7 Å². The molecule has 7 nitrogen and oxygen atoms in total. The van der Waals surface area contributed by atoms with Crippen LogP contribution in [0.25, 0.3) is 10.9 Å². The molecular formula is C27H25ClN4O3S. The largest absolute Gasteiger partial charge is 0.466 e. The summed E-state index contributed by atoms with van der Waals surface area (Å²) in [7, 11) is 1.35. The summed E-state index contributed by atoms with van der Waals surface area (Å²) in [6.07, 6.45) is 2.87. The van der Waals surface area contributed by atoms with E-state index in [2.05, 4.69) is 21.4 Å². The van der Waals surface area contributed by atoms with Crippen molar-refractivity contribution in [2.45, 2.75) is 25.8 Å². The number of hydrogen-bond acceptors (Lipinski definition) is 6. The molecule has 2 aromatic carbocycles. The van der Waals surface area contributed by atoms with E-state index in [-0.39, 0.29) is 12.3 Å². The summed E-state index contributed by atoms with van der Waals surface area (Å²) in [5.41, 5.74) is 4.85. The lowest BCUT2D eigenvalue weighted by molar-refractivity contribution is -0.136. The fraction of sp³-hybridized carbons (Fsp3) is 0.222. The maximum atomic E-state index is 12.9. The average Bonchev–Trinajstić information content (AvgIpc) is 3.46. The zero-order valence-corrected chi connectivity index (χ0v) is 21.4. The zero-order valence-electron chi connectivity index (χ0n) is 19.9. The van der Waals surface area contributed by atoms with Gasteiger partial charge in [0, 0.05) is 34.4 Å². The number of carbonyl (C=O) groups excluding carboxylic acids is 2. The molecule has 2 aliphatic heterocycles. The first-order chi connectivity index (χ1) is 17.5. The van der Waals surface area contributed by atoms with Crippen molar-refractivity contribution in [3.63, 3.8) is 0 Å². The smallest absolute Gasteiger partial charge is 0.338 e. The molecule has 184 valence electrons. The number of aromatic nitrogens is 1. The SMILES string of the molecule is COC(=O)C1=C(C)N=C2SC=C(CC(=O)NCCc3c[nH]c4ccccc34)N2C1c1cccc(Cl)c1. The summed E-state index contributed by atoms with van der Waals surface area (Å²) in [6.45, 7) is 2.32. The number of rotatable bonds is 7. The summed E-state index contributed by atoms with van der Waals surface area (Å²) >= 11 is 7.73. The van der Waals surface area contributed by atoms with Crippen LogP contribution in [0.15, 0.2) is 82.1 Å². The quantitative estimate of drug-likeness (QED) is 0.412. The van der Waals surface area contributed by atoms with Gasteiger partial charge in [0.15, 0.2) is 5.17 Å². The number of amidine groups is 1. The number of hydrogen-bond donors (Lipinski definition) is 2. The minimum Gasteiger partial charge on any atom is -0.466 e. The lowest BCUT2D eigenvalue weighted by Gasteiger charge is -2.36. The van der Waals surface area contributed by atoms with Gasteiger partial charge in [0.25, 0.3) is 0 Å². The van der Waals surface area contributed by atoms with Gasteiger partial charge < -0.3 is 19.9 Å². The number of allylic oxidation sites excluding steroid dienone is 1. The van der Waals surface area contributed by atoms with Crippen LogP contribution in [0.5, 0.6) is 0 Å². The average molecular weight is 521 g/mol. The van der Waals surface area contributed by atoms with E-state index in [0.29, 0.717) is 28.0 Å².